The summed E-state index contributed by atoms with van der Waals surface area (Å²) in [5.41, 5.74) is 6.11. The maximum atomic E-state index is 2.62. The Morgan fingerprint density at radius 3 is 2.64 bits per heavy atom. The van der Waals surface area contributed by atoms with Gasteiger partial charge in [0.15, 0.2) is 0 Å². The second-order valence-electron chi connectivity index (χ2n) is 6.97. The van der Waals surface area contributed by atoms with Crippen LogP contribution < -0.4 is 0 Å². The summed E-state index contributed by atoms with van der Waals surface area (Å²) in [6, 6.07) is 18.3. The summed E-state index contributed by atoms with van der Waals surface area (Å²) >= 11 is 0. The van der Waals surface area contributed by atoms with E-state index in [-0.39, 0.29) is 0 Å². The summed E-state index contributed by atoms with van der Waals surface area (Å²) < 4.78 is 0. The zero-order valence-electron chi connectivity index (χ0n) is 13.6. The van der Waals surface area contributed by atoms with Gasteiger partial charge in [-0.1, -0.05) is 61.0 Å². The highest BCUT2D eigenvalue weighted by Gasteiger charge is 2.43. The Hall–Kier alpha value is -1.60. The Kier molecular flexibility index (Phi) is 3.54. The van der Waals surface area contributed by atoms with Crippen molar-refractivity contribution in [3.8, 4) is 0 Å². The minimum Gasteiger partial charge on any atom is -0.303 e. The van der Waals surface area contributed by atoms with Gasteiger partial charge >= 0.3 is 0 Å². The lowest BCUT2D eigenvalue weighted by Gasteiger charge is -2.37. The van der Waals surface area contributed by atoms with Crippen LogP contribution >= 0.6 is 0 Å². The third kappa shape index (κ3) is 2.19. The molecule has 0 N–H and O–H groups in total. The molecule has 0 spiro atoms. The normalized spacial score (nSPS) is 27.5. The molecule has 3 atom stereocenters. The van der Waals surface area contributed by atoms with Crippen molar-refractivity contribution in [2.45, 2.75) is 32.1 Å². The number of hydrogen-bond donors (Lipinski definition) is 0. The molecule has 2 aliphatic rings. The van der Waals surface area contributed by atoms with Crippen LogP contribution in [0.5, 0.6) is 0 Å². The van der Waals surface area contributed by atoms with Gasteiger partial charge in [-0.3, -0.25) is 0 Å². The minimum atomic E-state index is 0.597. The zero-order valence-corrected chi connectivity index (χ0v) is 13.6. The third-order valence-electron chi connectivity index (χ3n) is 5.76. The smallest absolute Gasteiger partial charge is 0.0127 e. The van der Waals surface area contributed by atoms with E-state index in [0.29, 0.717) is 5.92 Å². The molecule has 2 aromatic carbocycles. The lowest BCUT2D eigenvalue weighted by Crippen LogP contribution is -2.38. The van der Waals surface area contributed by atoms with Gasteiger partial charge in [0.2, 0.25) is 0 Å². The van der Waals surface area contributed by atoms with Crippen molar-refractivity contribution in [2.75, 3.05) is 19.6 Å². The Morgan fingerprint density at radius 2 is 1.86 bits per heavy atom. The van der Waals surface area contributed by atoms with Gasteiger partial charge < -0.3 is 4.90 Å². The molecule has 0 radical (unpaired) electrons. The Balaban J connectivity index is 1.81. The summed E-state index contributed by atoms with van der Waals surface area (Å²) in [6.07, 6.45) is 1.33. The molecule has 1 nitrogen and oxygen atoms in total. The van der Waals surface area contributed by atoms with Gasteiger partial charge in [0.25, 0.3) is 0 Å². The molecule has 22 heavy (non-hydrogen) atoms. The molecule has 1 heteroatoms. The fourth-order valence-electron chi connectivity index (χ4n) is 4.67. The number of nitrogens with zero attached hydrogens (tertiary/aromatic N) is 1. The second kappa shape index (κ2) is 5.55. The molecular weight excluding hydrogens is 266 g/mol. The van der Waals surface area contributed by atoms with Crippen LogP contribution in [-0.2, 0) is 0 Å². The third-order valence-corrected chi connectivity index (χ3v) is 5.76. The molecule has 2 aromatic rings. The highest BCUT2D eigenvalue weighted by molar-refractivity contribution is 5.48. The van der Waals surface area contributed by atoms with Gasteiger partial charge in [0.1, 0.15) is 0 Å². The highest BCUT2D eigenvalue weighted by Crippen LogP contribution is 2.53. The van der Waals surface area contributed by atoms with Gasteiger partial charge in [-0.15, -0.1) is 0 Å². The van der Waals surface area contributed by atoms with E-state index in [1.807, 2.05) is 0 Å². The summed E-state index contributed by atoms with van der Waals surface area (Å²) in [5, 5.41) is 0. The van der Waals surface area contributed by atoms with Crippen molar-refractivity contribution < 1.29 is 0 Å². The van der Waals surface area contributed by atoms with Crippen LogP contribution in [-0.4, -0.2) is 24.5 Å². The van der Waals surface area contributed by atoms with Crippen LogP contribution in [0, 0.1) is 12.8 Å². The number of aryl methyl sites for hydroxylation is 1. The quantitative estimate of drug-likeness (QED) is 0.783. The predicted octanol–water partition coefficient (Wildman–Crippen LogP) is 4.57. The van der Waals surface area contributed by atoms with Crippen molar-refractivity contribution >= 4 is 0 Å². The lowest BCUT2D eigenvalue weighted by atomic mass is 9.78. The number of piperidine rings is 1. The topological polar surface area (TPSA) is 3.24 Å². The van der Waals surface area contributed by atoms with E-state index in [0.717, 1.165) is 11.8 Å². The number of hydrogen-bond acceptors (Lipinski definition) is 1. The van der Waals surface area contributed by atoms with Crippen LogP contribution in [0.25, 0.3) is 0 Å². The molecule has 1 saturated heterocycles. The molecule has 0 saturated carbocycles. The van der Waals surface area contributed by atoms with Crippen molar-refractivity contribution in [3.63, 3.8) is 0 Å². The van der Waals surface area contributed by atoms with E-state index < -0.39 is 0 Å². The number of likely N-dealkylation sites (tertiary alicyclic amines) is 1. The fourth-order valence-corrected chi connectivity index (χ4v) is 4.67. The molecule has 0 bridgehead atoms. The minimum absolute atomic E-state index is 0.597. The first-order valence-corrected chi connectivity index (χ1v) is 8.65. The van der Waals surface area contributed by atoms with Gasteiger partial charge in [-0.25, -0.2) is 0 Å². The molecule has 1 aliphatic carbocycles. The average Bonchev–Trinajstić information content (AvgIpc) is 2.88. The number of benzene rings is 2. The Labute approximate surface area is 134 Å². The van der Waals surface area contributed by atoms with Crippen molar-refractivity contribution in [2.24, 2.45) is 5.92 Å². The predicted molar refractivity (Wildman–Crippen MR) is 92.4 cm³/mol. The zero-order chi connectivity index (χ0) is 15.1. The van der Waals surface area contributed by atoms with Crippen molar-refractivity contribution in [1.82, 2.24) is 4.90 Å². The van der Waals surface area contributed by atoms with Crippen LogP contribution in [0.2, 0.25) is 0 Å². The van der Waals surface area contributed by atoms with E-state index in [1.165, 1.54) is 37.2 Å². The molecule has 0 aromatic heterocycles. The largest absolute Gasteiger partial charge is 0.303 e. The summed E-state index contributed by atoms with van der Waals surface area (Å²) in [4.78, 5) is 2.62. The van der Waals surface area contributed by atoms with Crippen LogP contribution in [0.1, 0.15) is 47.4 Å². The van der Waals surface area contributed by atoms with E-state index in [9.17, 15) is 0 Å². The Bertz CT molecular complexity index is 661. The van der Waals surface area contributed by atoms with Crippen LogP contribution in [0.4, 0.5) is 0 Å². The monoisotopic (exact) mass is 291 g/mol. The Morgan fingerprint density at radius 1 is 1.05 bits per heavy atom. The van der Waals surface area contributed by atoms with Gasteiger partial charge in [-0.05, 0) is 49.0 Å². The summed E-state index contributed by atoms with van der Waals surface area (Å²) in [5.74, 6) is 2.09. The SMILES string of the molecule is CCN1CC[C@H]2[C@H](c3ccccc3)c3cc(C)ccc3[C@H]2C1. The van der Waals surface area contributed by atoms with Crippen molar-refractivity contribution in [3.05, 3.63) is 70.8 Å². The van der Waals surface area contributed by atoms with E-state index in [4.69, 9.17) is 0 Å². The highest BCUT2D eigenvalue weighted by atomic mass is 15.1. The van der Waals surface area contributed by atoms with E-state index in [2.05, 4.69) is 67.3 Å². The molecule has 1 fully saturated rings. The maximum absolute atomic E-state index is 2.62. The first-order valence-electron chi connectivity index (χ1n) is 8.65. The molecule has 4 rings (SSSR count). The standard InChI is InChI=1S/C21H25N/c1-3-22-12-11-18-20(14-22)17-10-9-15(2)13-19(17)21(18)16-7-5-4-6-8-16/h4-10,13,18,20-21H,3,11-12,14H2,1-2H3/t18-,20-,21+/m1/s1. The van der Waals surface area contributed by atoms with Gasteiger partial charge in [-0.2, -0.15) is 0 Å². The first kappa shape index (κ1) is 14.0. The summed E-state index contributed by atoms with van der Waals surface area (Å²) in [6.45, 7) is 8.19. The van der Waals surface area contributed by atoms with E-state index >= 15 is 0 Å². The van der Waals surface area contributed by atoms with Crippen LogP contribution in [0.3, 0.4) is 0 Å². The molecule has 114 valence electrons. The molecule has 1 heterocycles. The van der Waals surface area contributed by atoms with Crippen molar-refractivity contribution in [1.29, 1.82) is 0 Å². The average molecular weight is 291 g/mol. The molecular formula is C21H25N. The summed E-state index contributed by atoms with van der Waals surface area (Å²) in [7, 11) is 0. The fraction of sp³-hybridized carbons (Fsp3) is 0.429. The van der Waals surface area contributed by atoms with Crippen LogP contribution in [0.15, 0.2) is 48.5 Å². The first-order chi connectivity index (χ1) is 10.8. The second-order valence-corrected chi connectivity index (χ2v) is 6.97. The van der Waals surface area contributed by atoms with E-state index in [1.54, 1.807) is 11.1 Å². The lowest BCUT2D eigenvalue weighted by molar-refractivity contribution is 0.167. The number of likely N-dealkylation sites (N-methyl/N-ethyl adjacent to an activating group) is 1. The van der Waals surface area contributed by atoms with Gasteiger partial charge in [0.05, 0.1) is 0 Å². The molecule has 0 amide bonds. The molecule has 1 aliphatic heterocycles. The number of rotatable bonds is 2. The molecule has 0 unspecified atom stereocenters. The maximum Gasteiger partial charge on any atom is 0.0127 e. The van der Waals surface area contributed by atoms with Gasteiger partial charge in [0, 0.05) is 18.4 Å². The number of fused-ring (bicyclic) bond motifs is 3.